The molecule has 12 heavy (non-hydrogen) atoms. The normalized spacial score (nSPS) is 31.5. The lowest BCUT2D eigenvalue weighted by atomic mass is 9.87. The van der Waals surface area contributed by atoms with Crippen molar-refractivity contribution in [2.75, 3.05) is 26.8 Å². The Morgan fingerprint density at radius 3 is 2.83 bits per heavy atom. The molecule has 0 radical (unpaired) electrons. The molecular weight excluding hydrogens is 150 g/mol. The highest BCUT2D eigenvalue weighted by atomic mass is 16.5. The summed E-state index contributed by atoms with van der Waals surface area (Å²) >= 11 is 0. The molecule has 1 heterocycles. The summed E-state index contributed by atoms with van der Waals surface area (Å²) in [7, 11) is 1.79. The van der Waals surface area contributed by atoms with Gasteiger partial charge in [-0.15, -0.1) is 0 Å². The van der Waals surface area contributed by atoms with E-state index in [0.717, 1.165) is 18.4 Å². The van der Waals surface area contributed by atoms with Crippen LogP contribution in [0.15, 0.2) is 0 Å². The molecule has 72 valence electrons. The third-order valence-electron chi connectivity index (χ3n) is 2.97. The molecule has 0 aliphatic carbocycles. The number of methoxy groups -OCH3 is 1. The van der Waals surface area contributed by atoms with Gasteiger partial charge in [0, 0.05) is 13.7 Å². The third kappa shape index (κ3) is 3.11. The van der Waals surface area contributed by atoms with Gasteiger partial charge in [0.1, 0.15) is 0 Å². The second-order valence-corrected chi connectivity index (χ2v) is 3.85. The fourth-order valence-corrected chi connectivity index (χ4v) is 1.96. The molecule has 1 unspecified atom stereocenters. The minimum atomic E-state index is 0.871. The number of hydrogen-bond donors (Lipinski definition) is 1. The summed E-state index contributed by atoms with van der Waals surface area (Å²) in [4.78, 5) is 0. The summed E-state index contributed by atoms with van der Waals surface area (Å²) in [6.45, 7) is 5.69. The number of rotatable bonds is 3. The van der Waals surface area contributed by atoms with E-state index in [4.69, 9.17) is 4.74 Å². The smallest absolute Gasteiger partial charge is 0.0465 e. The molecule has 1 rings (SSSR count). The average molecular weight is 171 g/mol. The minimum Gasteiger partial charge on any atom is -0.385 e. The van der Waals surface area contributed by atoms with E-state index in [9.17, 15) is 0 Å². The first-order valence-corrected chi connectivity index (χ1v) is 5.04. The van der Waals surface area contributed by atoms with Crippen LogP contribution in [-0.2, 0) is 4.74 Å². The highest BCUT2D eigenvalue weighted by Gasteiger charge is 2.18. The molecule has 1 N–H and O–H groups in total. The molecule has 1 aliphatic heterocycles. The van der Waals surface area contributed by atoms with Gasteiger partial charge in [0.25, 0.3) is 0 Å². The van der Waals surface area contributed by atoms with E-state index in [1.54, 1.807) is 7.11 Å². The lowest BCUT2D eigenvalue weighted by Crippen LogP contribution is -2.14. The first-order valence-electron chi connectivity index (χ1n) is 5.04. The number of nitrogens with one attached hydrogen (secondary N) is 1. The summed E-state index contributed by atoms with van der Waals surface area (Å²) in [5.41, 5.74) is 0. The van der Waals surface area contributed by atoms with Crippen LogP contribution in [0.3, 0.4) is 0 Å². The fourth-order valence-electron chi connectivity index (χ4n) is 1.96. The Morgan fingerprint density at radius 2 is 2.08 bits per heavy atom. The monoisotopic (exact) mass is 171 g/mol. The first kappa shape index (κ1) is 10.0. The fraction of sp³-hybridized carbons (Fsp3) is 1.00. The van der Waals surface area contributed by atoms with Crippen LogP contribution >= 0.6 is 0 Å². The van der Waals surface area contributed by atoms with Crippen molar-refractivity contribution in [1.82, 2.24) is 5.32 Å². The topological polar surface area (TPSA) is 21.3 Å². The molecule has 1 aliphatic rings. The highest BCUT2D eigenvalue weighted by molar-refractivity contribution is 4.72. The van der Waals surface area contributed by atoms with Crippen LogP contribution in [0.5, 0.6) is 0 Å². The molecule has 0 spiro atoms. The summed E-state index contributed by atoms with van der Waals surface area (Å²) < 4.78 is 5.11. The van der Waals surface area contributed by atoms with Crippen LogP contribution in [0.4, 0.5) is 0 Å². The Kier molecular flexibility index (Phi) is 4.62. The van der Waals surface area contributed by atoms with Gasteiger partial charge in [0.05, 0.1) is 0 Å². The molecule has 0 saturated carbocycles. The van der Waals surface area contributed by atoms with Gasteiger partial charge in [-0.05, 0) is 44.2 Å². The van der Waals surface area contributed by atoms with Crippen LogP contribution in [0.2, 0.25) is 0 Å². The zero-order valence-electron chi connectivity index (χ0n) is 8.31. The lowest BCUT2D eigenvalue weighted by molar-refractivity contribution is 0.161. The predicted molar refractivity (Wildman–Crippen MR) is 51.3 cm³/mol. The molecule has 0 bridgehead atoms. The Morgan fingerprint density at radius 1 is 1.33 bits per heavy atom. The van der Waals surface area contributed by atoms with Crippen molar-refractivity contribution in [3.8, 4) is 0 Å². The van der Waals surface area contributed by atoms with Crippen LogP contribution < -0.4 is 5.32 Å². The largest absolute Gasteiger partial charge is 0.385 e. The number of ether oxygens (including phenoxy) is 1. The van der Waals surface area contributed by atoms with E-state index >= 15 is 0 Å². The molecule has 2 nitrogen and oxygen atoms in total. The van der Waals surface area contributed by atoms with Crippen molar-refractivity contribution in [1.29, 1.82) is 0 Å². The van der Waals surface area contributed by atoms with E-state index in [2.05, 4.69) is 12.2 Å². The predicted octanol–water partition coefficient (Wildman–Crippen LogP) is 1.66. The molecule has 1 fully saturated rings. The van der Waals surface area contributed by atoms with Crippen LogP contribution in [0.1, 0.15) is 26.2 Å². The Hall–Kier alpha value is -0.0800. The molecule has 0 aromatic carbocycles. The molecule has 0 amide bonds. The van der Waals surface area contributed by atoms with E-state index in [-0.39, 0.29) is 0 Å². The summed E-state index contributed by atoms with van der Waals surface area (Å²) in [5.74, 6) is 1.75. The van der Waals surface area contributed by atoms with Gasteiger partial charge in [0.2, 0.25) is 0 Å². The van der Waals surface area contributed by atoms with Crippen LogP contribution in [0, 0.1) is 11.8 Å². The van der Waals surface area contributed by atoms with Crippen LogP contribution in [-0.4, -0.2) is 26.8 Å². The maximum absolute atomic E-state index is 5.11. The summed E-state index contributed by atoms with van der Waals surface area (Å²) in [5, 5.41) is 3.44. The van der Waals surface area contributed by atoms with Gasteiger partial charge in [-0.1, -0.05) is 6.92 Å². The van der Waals surface area contributed by atoms with Gasteiger partial charge in [-0.3, -0.25) is 0 Å². The molecule has 1 saturated heterocycles. The molecule has 2 heteroatoms. The quantitative estimate of drug-likeness (QED) is 0.697. The summed E-state index contributed by atoms with van der Waals surface area (Å²) in [6.07, 6.45) is 3.89. The molecule has 2 atom stereocenters. The molecule has 0 aromatic heterocycles. The molecular formula is C10H21NO. The number of hydrogen-bond acceptors (Lipinski definition) is 2. The van der Waals surface area contributed by atoms with Gasteiger partial charge in [0.15, 0.2) is 0 Å². The third-order valence-corrected chi connectivity index (χ3v) is 2.97. The van der Waals surface area contributed by atoms with Gasteiger partial charge < -0.3 is 10.1 Å². The molecule has 0 aromatic rings. The van der Waals surface area contributed by atoms with Crippen molar-refractivity contribution in [2.45, 2.75) is 26.2 Å². The lowest BCUT2D eigenvalue weighted by Gasteiger charge is -2.20. The van der Waals surface area contributed by atoms with Crippen molar-refractivity contribution in [2.24, 2.45) is 11.8 Å². The zero-order valence-corrected chi connectivity index (χ0v) is 8.31. The Balaban J connectivity index is 2.26. The van der Waals surface area contributed by atoms with Crippen molar-refractivity contribution < 1.29 is 4.74 Å². The van der Waals surface area contributed by atoms with Crippen molar-refractivity contribution in [3.63, 3.8) is 0 Å². The zero-order chi connectivity index (χ0) is 8.81. The highest BCUT2D eigenvalue weighted by Crippen LogP contribution is 2.23. The van der Waals surface area contributed by atoms with Gasteiger partial charge in [-0.2, -0.15) is 0 Å². The van der Waals surface area contributed by atoms with Crippen LogP contribution in [0.25, 0.3) is 0 Å². The summed E-state index contributed by atoms with van der Waals surface area (Å²) in [6, 6.07) is 0. The second kappa shape index (κ2) is 5.55. The van der Waals surface area contributed by atoms with Gasteiger partial charge in [-0.25, -0.2) is 0 Å². The minimum absolute atomic E-state index is 0.871. The van der Waals surface area contributed by atoms with E-state index in [0.29, 0.717) is 0 Å². The first-order chi connectivity index (χ1) is 5.84. The maximum atomic E-state index is 5.11. The maximum Gasteiger partial charge on any atom is 0.0465 e. The van der Waals surface area contributed by atoms with Gasteiger partial charge >= 0.3 is 0 Å². The second-order valence-electron chi connectivity index (χ2n) is 3.85. The van der Waals surface area contributed by atoms with E-state index < -0.39 is 0 Å². The van der Waals surface area contributed by atoms with Crippen molar-refractivity contribution >= 4 is 0 Å². The van der Waals surface area contributed by atoms with E-state index in [1.165, 1.54) is 32.4 Å². The van der Waals surface area contributed by atoms with Crippen molar-refractivity contribution in [3.05, 3.63) is 0 Å². The standard InChI is InChI=1S/C10H21NO/c1-9-3-6-11-7-4-10(9)5-8-12-2/h9-11H,3-8H2,1-2H3/t9-,10?/m1/s1. The SMILES string of the molecule is COCCC1CCNCC[C@H]1C. The Labute approximate surface area is 75.7 Å². The average Bonchev–Trinajstić information content (AvgIpc) is 2.27. The van der Waals surface area contributed by atoms with E-state index in [1.807, 2.05) is 0 Å². The Bertz CT molecular complexity index is 116.